The molecule has 74 valence electrons. The summed E-state index contributed by atoms with van der Waals surface area (Å²) >= 11 is 0. The normalized spacial score (nSPS) is 25.5. The smallest absolute Gasteiger partial charge is 0.0471 e. The van der Waals surface area contributed by atoms with E-state index in [1.54, 1.807) is 0 Å². The van der Waals surface area contributed by atoms with Gasteiger partial charge in [0.05, 0.1) is 0 Å². The third kappa shape index (κ3) is 4.73. The minimum absolute atomic E-state index is 0.365. The van der Waals surface area contributed by atoms with Gasteiger partial charge in [-0.15, -0.1) is 0 Å². The van der Waals surface area contributed by atoms with E-state index in [2.05, 4.69) is 11.9 Å². The number of rotatable bonds is 1. The van der Waals surface area contributed by atoms with E-state index >= 15 is 0 Å². The molecule has 1 saturated heterocycles. The molecule has 2 nitrogen and oxygen atoms in total. The fourth-order valence-electron chi connectivity index (χ4n) is 1.59. The van der Waals surface area contributed by atoms with E-state index in [9.17, 15) is 0 Å². The van der Waals surface area contributed by atoms with Gasteiger partial charge in [-0.05, 0) is 32.4 Å². The second kappa shape index (κ2) is 7.56. The van der Waals surface area contributed by atoms with Crippen LogP contribution in [0.5, 0.6) is 0 Å². The Balaban J connectivity index is 0.000000561. The molecule has 0 aromatic heterocycles. The zero-order chi connectivity index (χ0) is 9.40. The van der Waals surface area contributed by atoms with Gasteiger partial charge in [0.25, 0.3) is 0 Å². The minimum atomic E-state index is 0.365. The Kier molecular flexibility index (Phi) is 7.51. The fourth-order valence-corrected chi connectivity index (χ4v) is 1.59. The molecule has 0 aromatic carbocycles. The number of hydrogen-bond acceptors (Lipinski definition) is 2. The maximum Gasteiger partial charge on any atom is 0.0471 e. The lowest BCUT2D eigenvalue weighted by Gasteiger charge is -2.17. The Bertz CT molecular complexity index is 95.8. The van der Waals surface area contributed by atoms with Crippen LogP contribution in [0.25, 0.3) is 0 Å². The third-order valence-corrected chi connectivity index (χ3v) is 2.23. The molecule has 1 heterocycles. The van der Waals surface area contributed by atoms with Crippen molar-refractivity contribution in [3.8, 4) is 0 Å². The lowest BCUT2D eigenvalue weighted by molar-refractivity contribution is 0.188. The van der Waals surface area contributed by atoms with Gasteiger partial charge < -0.3 is 10.0 Å². The van der Waals surface area contributed by atoms with E-state index in [1.165, 1.54) is 25.8 Å². The van der Waals surface area contributed by atoms with Gasteiger partial charge in [-0.2, -0.15) is 0 Å². The van der Waals surface area contributed by atoms with Crippen molar-refractivity contribution in [2.24, 2.45) is 5.92 Å². The molecule has 0 saturated carbocycles. The lowest BCUT2D eigenvalue weighted by atomic mass is 10.1. The van der Waals surface area contributed by atoms with Gasteiger partial charge in [0, 0.05) is 13.2 Å². The average Bonchev–Trinajstić information content (AvgIpc) is 2.33. The molecule has 1 aliphatic heterocycles. The summed E-state index contributed by atoms with van der Waals surface area (Å²) in [6.07, 6.45) is 3.80. The molecule has 2 heteroatoms. The van der Waals surface area contributed by atoms with Crippen LogP contribution in [0.15, 0.2) is 0 Å². The largest absolute Gasteiger partial charge is 0.396 e. The van der Waals surface area contributed by atoms with Gasteiger partial charge in [-0.1, -0.05) is 20.3 Å². The van der Waals surface area contributed by atoms with Crippen molar-refractivity contribution in [2.45, 2.75) is 33.1 Å². The van der Waals surface area contributed by atoms with Gasteiger partial charge in [0.1, 0.15) is 0 Å². The van der Waals surface area contributed by atoms with Crippen molar-refractivity contribution < 1.29 is 5.11 Å². The highest BCUT2D eigenvalue weighted by atomic mass is 16.3. The molecule has 0 radical (unpaired) electrons. The third-order valence-electron chi connectivity index (χ3n) is 2.23. The van der Waals surface area contributed by atoms with Crippen LogP contribution < -0.4 is 0 Å². The first-order chi connectivity index (χ1) is 5.83. The predicted octanol–water partition coefficient (Wildman–Crippen LogP) is 1.74. The van der Waals surface area contributed by atoms with Crippen LogP contribution >= 0.6 is 0 Å². The monoisotopic (exact) mass is 173 g/mol. The highest BCUT2D eigenvalue weighted by Crippen LogP contribution is 2.13. The van der Waals surface area contributed by atoms with Gasteiger partial charge >= 0.3 is 0 Å². The number of aliphatic hydroxyl groups excluding tert-OH is 1. The van der Waals surface area contributed by atoms with Crippen LogP contribution in [0, 0.1) is 5.92 Å². The van der Waals surface area contributed by atoms with E-state index in [4.69, 9.17) is 5.11 Å². The lowest BCUT2D eigenvalue weighted by Crippen LogP contribution is -2.25. The van der Waals surface area contributed by atoms with Crippen LogP contribution in [-0.2, 0) is 0 Å². The number of aliphatic hydroxyl groups is 1. The molecule has 0 amide bonds. The maximum absolute atomic E-state index is 8.91. The van der Waals surface area contributed by atoms with Crippen LogP contribution in [0.2, 0.25) is 0 Å². The Morgan fingerprint density at radius 3 is 2.58 bits per heavy atom. The summed E-state index contributed by atoms with van der Waals surface area (Å²) in [4.78, 5) is 2.31. The number of likely N-dealkylation sites (tertiary alicyclic amines) is 1. The summed E-state index contributed by atoms with van der Waals surface area (Å²) in [5.41, 5.74) is 0. The Morgan fingerprint density at radius 1 is 1.33 bits per heavy atom. The molecule has 0 spiro atoms. The van der Waals surface area contributed by atoms with Crippen LogP contribution in [0.4, 0.5) is 0 Å². The Labute approximate surface area is 76.6 Å². The van der Waals surface area contributed by atoms with E-state index in [0.717, 1.165) is 6.54 Å². The zero-order valence-electron chi connectivity index (χ0n) is 8.71. The SMILES string of the molecule is CC.CN1CCCCC(CO)C1. The van der Waals surface area contributed by atoms with E-state index in [-0.39, 0.29) is 0 Å². The summed E-state index contributed by atoms with van der Waals surface area (Å²) in [6, 6.07) is 0. The molecule has 1 N–H and O–H groups in total. The van der Waals surface area contributed by atoms with Crippen molar-refractivity contribution in [1.29, 1.82) is 0 Å². The van der Waals surface area contributed by atoms with Gasteiger partial charge in [-0.25, -0.2) is 0 Å². The molecule has 1 atom stereocenters. The minimum Gasteiger partial charge on any atom is -0.396 e. The molecular formula is C10H23NO. The standard InChI is InChI=1S/C8H17NO.C2H6/c1-9-5-3-2-4-8(6-9)7-10;1-2/h8,10H,2-7H2,1H3;1-2H3. The van der Waals surface area contributed by atoms with E-state index in [1.807, 2.05) is 13.8 Å². The Hall–Kier alpha value is -0.0800. The molecule has 0 aliphatic carbocycles. The first-order valence-electron chi connectivity index (χ1n) is 5.12. The quantitative estimate of drug-likeness (QED) is 0.653. The average molecular weight is 173 g/mol. The molecule has 1 fully saturated rings. The zero-order valence-corrected chi connectivity index (χ0v) is 8.71. The highest BCUT2D eigenvalue weighted by Gasteiger charge is 2.13. The molecular weight excluding hydrogens is 150 g/mol. The summed E-state index contributed by atoms with van der Waals surface area (Å²) in [6.45, 7) is 6.65. The van der Waals surface area contributed by atoms with Crippen molar-refractivity contribution in [3.63, 3.8) is 0 Å². The predicted molar refractivity (Wildman–Crippen MR) is 53.3 cm³/mol. The van der Waals surface area contributed by atoms with Crippen LogP contribution in [0.1, 0.15) is 33.1 Å². The summed E-state index contributed by atoms with van der Waals surface area (Å²) < 4.78 is 0. The highest BCUT2D eigenvalue weighted by molar-refractivity contribution is 4.67. The van der Waals surface area contributed by atoms with E-state index < -0.39 is 0 Å². The van der Waals surface area contributed by atoms with E-state index in [0.29, 0.717) is 12.5 Å². The molecule has 1 aliphatic rings. The van der Waals surface area contributed by atoms with Crippen LogP contribution in [0.3, 0.4) is 0 Å². The summed E-state index contributed by atoms with van der Waals surface area (Å²) in [5, 5.41) is 8.91. The second-order valence-corrected chi connectivity index (χ2v) is 3.31. The Morgan fingerprint density at radius 2 is 2.00 bits per heavy atom. The maximum atomic E-state index is 8.91. The number of nitrogens with zero attached hydrogens (tertiary/aromatic N) is 1. The second-order valence-electron chi connectivity index (χ2n) is 3.31. The summed E-state index contributed by atoms with van der Waals surface area (Å²) in [7, 11) is 2.13. The van der Waals surface area contributed by atoms with Crippen molar-refractivity contribution in [1.82, 2.24) is 4.90 Å². The molecule has 0 bridgehead atoms. The van der Waals surface area contributed by atoms with Crippen molar-refractivity contribution in [2.75, 3.05) is 26.7 Å². The van der Waals surface area contributed by atoms with Gasteiger partial charge in [0.2, 0.25) is 0 Å². The first-order valence-corrected chi connectivity index (χ1v) is 5.12. The fraction of sp³-hybridized carbons (Fsp3) is 1.00. The first kappa shape index (κ1) is 11.9. The molecule has 12 heavy (non-hydrogen) atoms. The van der Waals surface area contributed by atoms with Crippen LogP contribution in [-0.4, -0.2) is 36.8 Å². The molecule has 0 aromatic rings. The topological polar surface area (TPSA) is 23.5 Å². The van der Waals surface area contributed by atoms with Gasteiger partial charge in [-0.3, -0.25) is 0 Å². The molecule has 1 unspecified atom stereocenters. The summed E-state index contributed by atoms with van der Waals surface area (Å²) in [5.74, 6) is 0.535. The molecule has 1 rings (SSSR count). The van der Waals surface area contributed by atoms with Crippen molar-refractivity contribution in [3.05, 3.63) is 0 Å². The van der Waals surface area contributed by atoms with Crippen molar-refractivity contribution >= 4 is 0 Å². The number of hydrogen-bond donors (Lipinski definition) is 1. The van der Waals surface area contributed by atoms with Gasteiger partial charge in [0.15, 0.2) is 0 Å².